The third-order valence-corrected chi connectivity index (χ3v) is 3.74. The summed E-state index contributed by atoms with van der Waals surface area (Å²) < 4.78 is 0.227. The van der Waals surface area contributed by atoms with E-state index < -0.39 is 0 Å². The minimum Gasteiger partial charge on any atom is -0.297 e. The summed E-state index contributed by atoms with van der Waals surface area (Å²) in [5.41, 5.74) is 1.12. The maximum Gasteiger partial charge on any atom is 0.161 e. The van der Waals surface area contributed by atoms with Crippen LogP contribution in [0.15, 0.2) is 30.3 Å². The molecule has 0 amide bonds. The Morgan fingerprint density at radius 1 is 1.33 bits per heavy atom. The van der Waals surface area contributed by atoms with E-state index in [0.29, 0.717) is 12.2 Å². The molecule has 12 heavy (non-hydrogen) atoms. The van der Waals surface area contributed by atoms with Crippen LogP contribution in [0.4, 0.5) is 0 Å². The average molecular weight is 198 g/mol. The maximum absolute atomic E-state index is 11.3. The van der Waals surface area contributed by atoms with Gasteiger partial charge in [-0.15, -0.1) is 0 Å². The predicted octanol–water partition coefficient (Wildman–Crippen LogP) is 2.77. The Balaban J connectivity index is 0.000000845. The lowest BCUT2D eigenvalue weighted by Crippen LogP contribution is -2.06. The molecule has 0 N–H and O–H groups in total. The molecular weight excluding hydrogens is 188 g/mol. The lowest BCUT2D eigenvalue weighted by atomic mass is 10.1. The van der Waals surface area contributed by atoms with Crippen LogP contribution in [0.1, 0.15) is 6.99 Å². The van der Waals surface area contributed by atoms with Crippen molar-refractivity contribution in [2.24, 2.45) is 0 Å². The second-order valence-corrected chi connectivity index (χ2v) is 5.43. The van der Waals surface area contributed by atoms with Crippen LogP contribution >= 0.6 is 21.6 Å². The van der Waals surface area contributed by atoms with Gasteiger partial charge in [-0.3, -0.25) is 4.79 Å². The largest absolute Gasteiger partial charge is 0.297 e. The third-order valence-electron chi connectivity index (χ3n) is 1.68. The van der Waals surface area contributed by atoms with Gasteiger partial charge in [0.2, 0.25) is 0 Å². The molecule has 2 rings (SSSR count). The predicted molar refractivity (Wildman–Crippen MR) is 56.2 cm³/mol. The van der Waals surface area contributed by atoms with Crippen LogP contribution in [-0.2, 0) is 11.2 Å². The zero-order valence-electron chi connectivity index (χ0n) is 6.40. The summed E-state index contributed by atoms with van der Waals surface area (Å²) in [5, 5.41) is 0. The molecule has 0 radical (unpaired) electrons. The van der Waals surface area contributed by atoms with Crippen molar-refractivity contribution < 1.29 is 6.22 Å². The number of benzene rings is 1. The Morgan fingerprint density at radius 2 is 2.00 bits per heavy atom. The van der Waals surface area contributed by atoms with Crippen molar-refractivity contribution >= 4 is 27.4 Å². The van der Waals surface area contributed by atoms with Crippen LogP contribution < -0.4 is 0 Å². The molecule has 1 aliphatic heterocycles. The van der Waals surface area contributed by atoms with E-state index in [1.165, 1.54) is 0 Å². The standard InChI is InChI=1S/C9H8OS2.H2/c10-8(9-11-12-9)6-7-4-2-1-3-5-7;/h1-5,9H,6H2;1H. The Morgan fingerprint density at radius 3 is 2.58 bits per heavy atom. The molecule has 64 valence electrons. The van der Waals surface area contributed by atoms with Crippen molar-refractivity contribution in [3.05, 3.63) is 35.9 Å². The fraction of sp³-hybridized carbons (Fsp3) is 0.222. The first-order valence-corrected chi connectivity index (χ1v) is 6.02. The molecule has 1 aliphatic rings. The normalized spacial score (nSPS) is 16.0. The van der Waals surface area contributed by atoms with E-state index >= 15 is 0 Å². The van der Waals surface area contributed by atoms with E-state index in [9.17, 15) is 4.79 Å². The number of Topliss-reactive ketones (excluding diaryl/α,β-unsaturated/α-hetero) is 1. The van der Waals surface area contributed by atoms with Crippen molar-refractivity contribution in [3.63, 3.8) is 0 Å². The molecule has 1 nitrogen and oxygen atoms in total. The fourth-order valence-corrected chi connectivity index (χ4v) is 2.26. The van der Waals surface area contributed by atoms with Crippen molar-refractivity contribution in [1.82, 2.24) is 0 Å². The van der Waals surface area contributed by atoms with Gasteiger partial charge in [0, 0.05) is 7.85 Å². The quantitative estimate of drug-likeness (QED) is 0.549. The molecule has 1 aromatic rings. The molecular formula is C9H10OS2. The summed E-state index contributed by atoms with van der Waals surface area (Å²) in [5.74, 6) is 0.344. The van der Waals surface area contributed by atoms with Crippen molar-refractivity contribution in [1.29, 1.82) is 0 Å². The van der Waals surface area contributed by atoms with Crippen molar-refractivity contribution in [3.8, 4) is 0 Å². The van der Waals surface area contributed by atoms with Gasteiger partial charge in [-0.25, -0.2) is 0 Å². The molecule has 0 aromatic heterocycles. The fourth-order valence-electron chi connectivity index (χ4n) is 1.02. The van der Waals surface area contributed by atoms with E-state index in [4.69, 9.17) is 0 Å². The SMILES string of the molecule is O=C(Cc1ccccc1)C1SS1.[HH]. The number of carbonyl (C=O) groups is 1. The van der Waals surface area contributed by atoms with Gasteiger partial charge < -0.3 is 0 Å². The summed E-state index contributed by atoms with van der Waals surface area (Å²) in [6.45, 7) is 0. The van der Waals surface area contributed by atoms with Crippen molar-refractivity contribution in [2.45, 2.75) is 11.0 Å². The molecule has 0 unspecified atom stereocenters. The van der Waals surface area contributed by atoms with E-state index in [1.807, 2.05) is 30.3 Å². The zero-order chi connectivity index (χ0) is 8.39. The van der Waals surface area contributed by atoms with Gasteiger partial charge in [0.05, 0.1) is 0 Å². The first kappa shape index (κ1) is 8.20. The van der Waals surface area contributed by atoms with Crippen LogP contribution in [0.5, 0.6) is 0 Å². The molecule has 1 heterocycles. The van der Waals surface area contributed by atoms with Gasteiger partial charge in [0.1, 0.15) is 4.58 Å². The molecule has 0 aliphatic carbocycles. The smallest absolute Gasteiger partial charge is 0.161 e. The number of rotatable bonds is 3. The molecule has 1 saturated heterocycles. The van der Waals surface area contributed by atoms with Gasteiger partial charge in [-0.2, -0.15) is 0 Å². The Hall–Kier alpha value is -0.410. The summed E-state index contributed by atoms with van der Waals surface area (Å²) in [4.78, 5) is 11.3. The van der Waals surface area contributed by atoms with E-state index in [1.54, 1.807) is 21.6 Å². The van der Waals surface area contributed by atoms with Gasteiger partial charge >= 0.3 is 0 Å². The Labute approximate surface area is 80.8 Å². The third kappa shape index (κ3) is 2.05. The van der Waals surface area contributed by atoms with E-state index in [0.717, 1.165) is 5.56 Å². The highest BCUT2D eigenvalue weighted by Gasteiger charge is 2.31. The first-order chi connectivity index (χ1) is 5.86. The van der Waals surface area contributed by atoms with Crippen LogP contribution in [0.2, 0.25) is 0 Å². The molecule has 0 saturated carbocycles. The van der Waals surface area contributed by atoms with E-state index in [-0.39, 0.29) is 6.01 Å². The van der Waals surface area contributed by atoms with Crippen LogP contribution in [-0.4, -0.2) is 10.4 Å². The van der Waals surface area contributed by atoms with Gasteiger partial charge in [-0.05, 0) is 5.56 Å². The van der Waals surface area contributed by atoms with Gasteiger partial charge in [0.25, 0.3) is 0 Å². The summed E-state index contributed by atoms with van der Waals surface area (Å²) in [7, 11) is 3.33. The molecule has 0 atom stereocenters. The van der Waals surface area contributed by atoms with Crippen LogP contribution in [0, 0.1) is 0 Å². The summed E-state index contributed by atoms with van der Waals surface area (Å²) in [6.07, 6.45) is 0.589. The molecule has 0 bridgehead atoms. The first-order valence-electron chi connectivity index (χ1n) is 3.75. The number of hydrogen-bond donors (Lipinski definition) is 0. The average Bonchev–Trinajstić information content (AvgIpc) is 2.88. The Kier molecular flexibility index (Phi) is 2.42. The lowest BCUT2D eigenvalue weighted by Gasteiger charge is -1.96. The Bertz CT molecular complexity index is 285. The molecule has 0 spiro atoms. The summed E-state index contributed by atoms with van der Waals surface area (Å²) in [6, 6.07) is 9.89. The minimum absolute atomic E-state index is 0. The number of hydrogen-bond acceptors (Lipinski definition) is 3. The molecule has 1 fully saturated rings. The van der Waals surface area contributed by atoms with Crippen molar-refractivity contribution in [2.75, 3.05) is 0 Å². The highest BCUT2D eigenvalue weighted by Crippen LogP contribution is 2.53. The molecule has 3 heteroatoms. The molecule has 1 aromatic carbocycles. The van der Waals surface area contributed by atoms with Gasteiger partial charge in [0.15, 0.2) is 5.78 Å². The zero-order valence-corrected chi connectivity index (χ0v) is 8.03. The van der Waals surface area contributed by atoms with Gasteiger partial charge in [-0.1, -0.05) is 51.9 Å². The number of carbonyl (C=O) groups excluding carboxylic acids is 1. The summed E-state index contributed by atoms with van der Waals surface area (Å²) >= 11 is 0. The monoisotopic (exact) mass is 198 g/mol. The highest BCUT2D eigenvalue weighted by molar-refractivity contribution is 8.93. The van der Waals surface area contributed by atoms with Crippen LogP contribution in [0.3, 0.4) is 0 Å². The topological polar surface area (TPSA) is 17.1 Å². The maximum atomic E-state index is 11.3. The minimum atomic E-state index is 0. The second kappa shape index (κ2) is 3.54. The highest BCUT2D eigenvalue weighted by atomic mass is 33.2. The lowest BCUT2D eigenvalue weighted by molar-refractivity contribution is -0.116. The van der Waals surface area contributed by atoms with E-state index in [2.05, 4.69) is 0 Å². The van der Waals surface area contributed by atoms with Crippen LogP contribution in [0.25, 0.3) is 0 Å². The second-order valence-electron chi connectivity index (χ2n) is 2.65. The number of ketones is 1.